The molecule has 0 unspecified atom stereocenters. The number of hydrogen-bond acceptors (Lipinski definition) is 9. The molecule has 13 heavy (non-hydrogen) atoms. The van der Waals surface area contributed by atoms with E-state index < -0.39 is 15.3 Å². The Morgan fingerprint density at radius 1 is 0.538 bits per heavy atom. The van der Waals surface area contributed by atoms with Gasteiger partial charge in [0.1, 0.15) is 0 Å². The van der Waals surface area contributed by atoms with Gasteiger partial charge in [0.15, 0.2) is 0 Å². The van der Waals surface area contributed by atoms with Crippen molar-refractivity contribution in [2.45, 2.75) is 0 Å². The minimum Gasteiger partial charge on any atom is -0.356 e. The summed E-state index contributed by atoms with van der Waals surface area (Å²) in [5.74, 6) is 0. The minimum absolute atomic E-state index is 0. The monoisotopic (exact) mass is 427 g/mol. The number of hydrogen-bond donors (Lipinski definition) is 0. The summed E-state index contributed by atoms with van der Waals surface area (Å²) in [5, 5.41) is 44.2. The van der Waals surface area contributed by atoms with Crippen molar-refractivity contribution in [3.8, 4) is 0 Å². The topological polar surface area (TPSA) is 199 Å². The van der Waals surface area contributed by atoms with Crippen LogP contribution in [0.4, 0.5) is 0 Å². The first-order valence-corrected chi connectivity index (χ1v) is 1.64. The summed E-state index contributed by atoms with van der Waals surface area (Å²) in [6.45, 7) is 0. The minimum atomic E-state index is -1.75. The molecule has 0 saturated heterocycles. The largest absolute Gasteiger partial charge is 0.356 e. The van der Waals surface area contributed by atoms with Crippen molar-refractivity contribution in [3.63, 3.8) is 0 Å². The van der Waals surface area contributed by atoms with Crippen LogP contribution >= 0.6 is 0 Å². The van der Waals surface area contributed by atoms with Gasteiger partial charge in [0.25, 0.3) is 0 Å². The maximum absolute atomic E-state index is 8.25. The zero-order valence-corrected chi connectivity index (χ0v) is 8.54. The summed E-state index contributed by atoms with van der Waals surface area (Å²) >= 11 is 0. The van der Waals surface area contributed by atoms with Crippen LogP contribution < -0.4 is 0 Å². The number of rotatable bonds is 0. The fraction of sp³-hybridized carbons (Fsp3) is 0. The van der Waals surface area contributed by atoms with Crippen molar-refractivity contribution in [3.05, 3.63) is 46.0 Å². The van der Waals surface area contributed by atoms with Crippen LogP contribution in [-0.2, 0) is 0 Å². The molecular formula is AmN3O9-3. The summed E-state index contributed by atoms with van der Waals surface area (Å²) in [6, 6.07) is 0. The van der Waals surface area contributed by atoms with Crippen molar-refractivity contribution < 1.29 is 29.5 Å². The molecule has 0 spiro atoms. The molecule has 0 fully saturated rings. The predicted molar refractivity (Wildman–Crippen MR) is 31.1 cm³/mol. The third-order valence-corrected chi connectivity index (χ3v) is 0. The Morgan fingerprint density at radius 2 is 0.538 bits per heavy atom. The van der Waals surface area contributed by atoms with Crippen molar-refractivity contribution >= 4 is 0 Å². The van der Waals surface area contributed by atoms with E-state index in [4.69, 9.17) is 46.0 Å². The third-order valence-electron chi connectivity index (χ3n) is 0. The van der Waals surface area contributed by atoms with E-state index in [2.05, 4.69) is 0 Å². The van der Waals surface area contributed by atoms with Gasteiger partial charge in [0.05, 0.1) is 15.3 Å². The standard InChI is InChI=1S/Am.3NO3/c;3*2-1(3)4/q;3*-1. The van der Waals surface area contributed by atoms with Crippen LogP contribution in [0.15, 0.2) is 0 Å². The van der Waals surface area contributed by atoms with Gasteiger partial charge >= 0.3 is 0 Å². The molecule has 0 amide bonds. The number of nitrogens with zero attached hydrogens (tertiary/aromatic N) is 3. The average molecular weight is 429 g/mol. The van der Waals surface area contributed by atoms with Crippen molar-refractivity contribution in [2.75, 3.05) is 0 Å². The molecule has 0 rings (SSSR count). The van der Waals surface area contributed by atoms with Gasteiger partial charge in [-0.05, 0) is 0 Å². The first kappa shape index (κ1) is 22.4. The van der Waals surface area contributed by atoms with Crippen LogP contribution in [0.3, 0.4) is 0 Å². The second-order valence-corrected chi connectivity index (χ2v) is 0.671. The van der Waals surface area contributed by atoms with Crippen LogP contribution in [0.5, 0.6) is 0 Å². The Balaban J connectivity index is -0.0000000450. The van der Waals surface area contributed by atoms with Gasteiger partial charge in [-0.2, -0.15) is 0 Å². The van der Waals surface area contributed by atoms with E-state index in [1.807, 2.05) is 0 Å². The van der Waals surface area contributed by atoms with Gasteiger partial charge in [-0.3, -0.25) is 0 Å². The van der Waals surface area contributed by atoms with Crippen molar-refractivity contribution in [2.24, 2.45) is 0 Å². The van der Waals surface area contributed by atoms with E-state index in [0.717, 1.165) is 0 Å². The summed E-state index contributed by atoms with van der Waals surface area (Å²) in [6.07, 6.45) is 0. The molecule has 0 N–H and O–H groups in total. The maximum atomic E-state index is 8.25. The zero-order valence-electron chi connectivity index (χ0n) is 5.39. The van der Waals surface area contributed by atoms with Crippen LogP contribution in [-0.4, -0.2) is 15.3 Å². The molecular weight excluding hydrogens is 429 g/mol. The summed E-state index contributed by atoms with van der Waals surface area (Å²) < 4.78 is 0. The van der Waals surface area contributed by atoms with Gasteiger partial charge in [-0.15, -0.1) is 0 Å². The van der Waals surface area contributed by atoms with Crippen LogP contribution in [0.25, 0.3) is 0 Å². The molecule has 0 aromatic carbocycles. The molecule has 0 atom stereocenters. The molecule has 0 aromatic heterocycles. The van der Waals surface area contributed by atoms with Gasteiger partial charge in [-0.1, -0.05) is 0 Å². The zero-order chi connectivity index (χ0) is 10.7. The van der Waals surface area contributed by atoms with E-state index >= 15 is 0 Å². The molecule has 12 nitrogen and oxygen atoms in total. The third kappa shape index (κ3) is 158. The normalized spacial score (nSPS) is 5.54. The molecule has 0 aromatic rings. The molecule has 1 radical (unpaired) electrons. The van der Waals surface area contributed by atoms with Gasteiger partial charge in [0, 0.05) is 14.3 Å². The molecule has 0 saturated carbocycles. The molecule has 0 heterocycles. The van der Waals surface area contributed by atoms with E-state index in [-0.39, 0.29) is 14.3 Å². The average Bonchev–Trinajstić information content (AvgIpc) is 1.54. The molecule has 0 bridgehead atoms. The molecule has 13 heteroatoms. The molecule has 0 aliphatic heterocycles. The molecule has 0 aliphatic rings. The van der Waals surface area contributed by atoms with Crippen LogP contribution in [0, 0.1) is 60.2 Å². The Labute approximate surface area is 76.5 Å². The van der Waals surface area contributed by atoms with E-state index in [1.165, 1.54) is 0 Å². The van der Waals surface area contributed by atoms with Crippen molar-refractivity contribution in [1.29, 1.82) is 0 Å². The van der Waals surface area contributed by atoms with Crippen LogP contribution in [0.1, 0.15) is 0 Å². The quantitative estimate of drug-likeness (QED) is 0.352. The van der Waals surface area contributed by atoms with E-state index in [9.17, 15) is 0 Å². The van der Waals surface area contributed by atoms with Gasteiger partial charge in [-0.25, -0.2) is 0 Å². The Kier molecular flexibility index (Phi) is 28.5. The van der Waals surface area contributed by atoms with Gasteiger partial charge in [0.2, 0.25) is 0 Å². The van der Waals surface area contributed by atoms with Crippen molar-refractivity contribution in [1.82, 2.24) is 0 Å². The first-order valence-electron chi connectivity index (χ1n) is 1.64. The smallest absolute Gasteiger partial charge is 0.0689 e. The first-order chi connectivity index (χ1) is 5.20. The summed E-state index contributed by atoms with van der Waals surface area (Å²) in [7, 11) is 0. The van der Waals surface area contributed by atoms with Crippen LogP contribution in [0.2, 0.25) is 0 Å². The van der Waals surface area contributed by atoms with Gasteiger partial charge < -0.3 is 46.0 Å². The maximum Gasteiger partial charge on any atom is 0.0689 e. The molecule has 79 valence electrons. The van der Waals surface area contributed by atoms with E-state index in [0.29, 0.717) is 0 Å². The Hall–Kier alpha value is -2.01. The fourth-order valence-corrected chi connectivity index (χ4v) is 0. The summed E-state index contributed by atoms with van der Waals surface area (Å²) in [5.41, 5.74) is 0. The predicted octanol–water partition coefficient (Wildman–Crippen LogP) is -0.717. The SMILES string of the molecule is O=[N+]([O-])[O-].O=[N+]([O-])[O-].O=[N+]([O-])[O-].[Am]. The Morgan fingerprint density at radius 3 is 0.538 bits per heavy atom. The summed E-state index contributed by atoms with van der Waals surface area (Å²) in [4.78, 5) is 24.8. The van der Waals surface area contributed by atoms with E-state index in [1.54, 1.807) is 0 Å². The molecule has 0 aliphatic carbocycles. The second kappa shape index (κ2) is 16.5. The Bertz CT molecular complexity index is 112. The fourth-order valence-electron chi connectivity index (χ4n) is 0. The second-order valence-electron chi connectivity index (χ2n) is 0.671.